The van der Waals surface area contributed by atoms with Gasteiger partial charge < -0.3 is 10.2 Å². The Labute approximate surface area is 120 Å². The number of benzene rings is 1. The molecular weight excluding hydrogens is 308 g/mol. The van der Waals surface area contributed by atoms with Crippen LogP contribution in [0.15, 0.2) is 34.8 Å². The van der Waals surface area contributed by atoms with Gasteiger partial charge in [0.2, 0.25) is 5.88 Å². The molecular formula is C13H15BrN4O. The first kappa shape index (κ1) is 13.8. The van der Waals surface area contributed by atoms with Crippen LogP contribution in [0, 0.1) is 0 Å². The van der Waals surface area contributed by atoms with Crippen molar-refractivity contribution in [1.29, 1.82) is 0 Å². The van der Waals surface area contributed by atoms with Crippen LogP contribution in [0.4, 0.5) is 5.82 Å². The number of anilines is 1. The lowest BCUT2D eigenvalue weighted by Gasteiger charge is -2.10. The van der Waals surface area contributed by atoms with Gasteiger partial charge in [-0.25, -0.2) is 10.8 Å². The number of ether oxygens (including phenoxy) is 1. The van der Waals surface area contributed by atoms with Crippen LogP contribution in [0.2, 0.25) is 0 Å². The van der Waals surface area contributed by atoms with Crippen LogP contribution < -0.4 is 16.0 Å². The van der Waals surface area contributed by atoms with Gasteiger partial charge in [-0.3, -0.25) is 0 Å². The highest BCUT2D eigenvalue weighted by molar-refractivity contribution is 9.10. The molecule has 0 radical (unpaired) electrons. The first-order valence-electron chi connectivity index (χ1n) is 5.87. The van der Waals surface area contributed by atoms with Gasteiger partial charge in [0.25, 0.3) is 0 Å². The molecule has 0 saturated heterocycles. The maximum Gasteiger partial charge on any atom is 0.224 e. The summed E-state index contributed by atoms with van der Waals surface area (Å²) in [6, 6.07) is 9.21. The van der Waals surface area contributed by atoms with Crippen LogP contribution in [-0.2, 0) is 0 Å². The maximum atomic E-state index is 5.72. The minimum atomic E-state index is 0.193. The van der Waals surface area contributed by atoms with E-state index in [9.17, 15) is 0 Å². The zero-order valence-electron chi connectivity index (χ0n) is 10.7. The normalized spacial score (nSPS) is 10.6. The number of rotatable bonds is 4. The highest BCUT2D eigenvalue weighted by Gasteiger charge is 2.09. The van der Waals surface area contributed by atoms with Crippen molar-refractivity contribution in [2.75, 3.05) is 5.43 Å². The fraction of sp³-hybridized carbons (Fsp3) is 0.231. The summed E-state index contributed by atoms with van der Waals surface area (Å²) in [4.78, 5) is 8.64. The van der Waals surface area contributed by atoms with E-state index in [1.165, 1.54) is 0 Å². The van der Waals surface area contributed by atoms with E-state index in [1.54, 1.807) is 6.07 Å². The second-order valence-electron chi connectivity index (χ2n) is 4.31. The fourth-order valence-corrected chi connectivity index (χ4v) is 1.86. The third kappa shape index (κ3) is 3.65. The summed E-state index contributed by atoms with van der Waals surface area (Å²) < 4.78 is 6.66. The standard InChI is InChI=1S/C13H15BrN4O/c1-8(2)13-16-11(18-15)7-12(17-13)19-10-5-3-4-9(14)6-10/h3-8H,15H2,1-2H3,(H,16,17,18). The third-order valence-electron chi connectivity index (χ3n) is 2.40. The van der Waals surface area contributed by atoms with Gasteiger partial charge in [-0.05, 0) is 18.2 Å². The van der Waals surface area contributed by atoms with E-state index in [0.29, 0.717) is 23.3 Å². The summed E-state index contributed by atoms with van der Waals surface area (Å²) in [7, 11) is 0. The predicted octanol–water partition coefficient (Wildman–Crippen LogP) is 3.44. The molecule has 0 atom stereocenters. The molecule has 0 amide bonds. The molecule has 5 nitrogen and oxygen atoms in total. The molecule has 1 aromatic heterocycles. The highest BCUT2D eigenvalue weighted by Crippen LogP contribution is 2.25. The number of halogens is 1. The molecule has 0 fully saturated rings. The average Bonchev–Trinajstić information content (AvgIpc) is 2.38. The summed E-state index contributed by atoms with van der Waals surface area (Å²) in [6.07, 6.45) is 0. The Hall–Kier alpha value is -1.66. The topological polar surface area (TPSA) is 73.1 Å². The third-order valence-corrected chi connectivity index (χ3v) is 2.90. The molecule has 0 saturated carbocycles. The van der Waals surface area contributed by atoms with Crippen LogP contribution in [0.3, 0.4) is 0 Å². The number of nitrogens with two attached hydrogens (primary N) is 1. The largest absolute Gasteiger partial charge is 0.439 e. The average molecular weight is 323 g/mol. The molecule has 1 aromatic carbocycles. The van der Waals surface area contributed by atoms with E-state index in [2.05, 4.69) is 31.3 Å². The quantitative estimate of drug-likeness (QED) is 0.666. The van der Waals surface area contributed by atoms with Gasteiger partial charge in [0.05, 0.1) is 0 Å². The van der Waals surface area contributed by atoms with Gasteiger partial charge >= 0.3 is 0 Å². The molecule has 3 N–H and O–H groups in total. The molecule has 0 unspecified atom stereocenters. The van der Waals surface area contributed by atoms with Crippen molar-refractivity contribution in [2.45, 2.75) is 19.8 Å². The van der Waals surface area contributed by atoms with Crippen LogP contribution in [-0.4, -0.2) is 9.97 Å². The molecule has 0 aliphatic rings. The fourth-order valence-electron chi connectivity index (χ4n) is 1.48. The van der Waals surface area contributed by atoms with Gasteiger partial charge in [0, 0.05) is 16.5 Å². The summed E-state index contributed by atoms with van der Waals surface area (Å²) >= 11 is 3.40. The Morgan fingerprint density at radius 2 is 2.05 bits per heavy atom. The maximum absolute atomic E-state index is 5.72. The minimum absolute atomic E-state index is 0.193. The molecule has 0 aliphatic carbocycles. The summed E-state index contributed by atoms with van der Waals surface area (Å²) in [5, 5.41) is 0. The van der Waals surface area contributed by atoms with Crippen molar-refractivity contribution >= 4 is 21.7 Å². The number of nitrogens with one attached hydrogen (secondary N) is 1. The van der Waals surface area contributed by atoms with Crippen molar-refractivity contribution in [1.82, 2.24) is 9.97 Å². The van der Waals surface area contributed by atoms with Gasteiger partial charge in [-0.2, -0.15) is 4.98 Å². The molecule has 0 bridgehead atoms. The molecule has 2 aromatic rings. The second-order valence-corrected chi connectivity index (χ2v) is 5.22. The van der Waals surface area contributed by atoms with Gasteiger partial charge in [0.15, 0.2) is 0 Å². The highest BCUT2D eigenvalue weighted by atomic mass is 79.9. The molecule has 6 heteroatoms. The SMILES string of the molecule is CC(C)c1nc(NN)cc(Oc2cccc(Br)c2)n1. The lowest BCUT2D eigenvalue weighted by Crippen LogP contribution is -2.11. The van der Waals surface area contributed by atoms with E-state index < -0.39 is 0 Å². The lowest BCUT2D eigenvalue weighted by molar-refractivity contribution is 0.457. The van der Waals surface area contributed by atoms with E-state index >= 15 is 0 Å². The summed E-state index contributed by atoms with van der Waals surface area (Å²) in [5.74, 6) is 7.97. The predicted molar refractivity (Wildman–Crippen MR) is 78.1 cm³/mol. The van der Waals surface area contributed by atoms with E-state index in [-0.39, 0.29) is 5.92 Å². The van der Waals surface area contributed by atoms with E-state index in [0.717, 1.165) is 4.47 Å². The Bertz CT molecular complexity index is 574. The van der Waals surface area contributed by atoms with Crippen molar-refractivity contribution in [3.05, 3.63) is 40.6 Å². The smallest absolute Gasteiger partial charge is 0.224 e. The minimum Gasteiger partial charge on any atom is -0.439 e. The van der Waals surface area contributed by atoms with Gasteiger partial charge in [0.1, 0.15) is 17.4 Å². The number of nitrogens with zero attached hydrogens (tertiary/aromatic N) is 2. The zero-order valence-corrected chi connectivity index (χ0v) is 12.3. The van der Waals surface area contributed by atoms with Gasteiger partial charge in [-0.1, -0.05) is 35.8 Å². The Morgan fingerprint density at radius 1 is 1.26 bits per heavy atom. The van der Waals surface area contributed by atoms with Crippen LogP contribution in [0.25, 0.3) is 0 Å². The van der Waals surface area contributed by atoms with Crippen molar-refractivity contribution in [2.24, 2.45) is 5.84 Å². The van der Waals surface area contributed by atoms with Crippen LogP contribution in [0.1, 0.15) is 25.6 Å². The molecule has 2 rings (SSSR count). The van der Waals surface area contributed by atoms with Crippen molar-refractivity contribution in [3.8, 4) is 11.6 Å². The zero-order chi connectivity index (χ0) is 13.8. The number of hydrogen-bond acceptors (Lipinski definition) is 5. The number of aromatic nitrogens is 2. The first-order valence-corrected chi connectivity index (χ1v) is 6.67. The summed E-state index contributed by atoms with van der Waals surface area (Å²) in [6.45, 7) is 4.02. The second kappa shape index (κ2) is 5.99. The van der Waals surface area contributed by atoms with Crippen molar-refractivity contribution in [3.63, 3.8) is 0 Å². The molecule has 100 valence electrons. The molecule has 1 heterocycles. The molecule has 19 heavy (non-hydrogen) atoms. The van der Waals surface area contributed by atoms with E-state index in [1.807, 2.05) is 38.1 Å². The number of hydrazine groups is 1. The Kier molecular flexibility index (Phi) is 4.34. The number of nitrogen functional groups attached to an aromatic ring is 1. The molecule has 0 aliphatic heterocycles. The Morgan fingerprint density at radius 3 is 2.68 bits per heavy atom. The van der Waals surface area contributed by atoms with Crippen molar-refractivity contribution < 1.29 is 4.74 Å². The van der Waals surface area contributed by atoms with Crippen LogP contribution in [0.5, 0.6) is 11.6 Å². The summed E-state index contributed by atoms with van der Waals surface area (Å²) in [5.41, 5.74) is 2.52. The Balaban J connectivity index is 2.31. The van der Waals surface area contributed by atoms with Crippen LogP contribution >= 0.6 is 15.9 Å². The number of hydrogen-bond donors (Lipinski definition) is 2. The van der Waals surface area contributed by atoms with Gasteiger partial charge in [-0.15, -0.1) is 0 Å². The first-order chi connectivity index (χ1) is 9.08. The van der Waals surface area contributed by atoms with E-state index in [4.69, 9.17) is 10.6 Å². The monoisotopic (exact) mass is 322 g/mol. The lowest BCUT2D eigenvalue weighted by atomic mass is 10.2. The molecule has 0 spiro atoms.